The summed E-state index contributed by atoms with van der Waals surface area (Å²) in [5.74, 6) is 0.421. The second-order valence-electron chi connectivity index (χ2n) is 9.74. The van der Waals surface area contributed by atoms with Gasteiger partial charge in [-0.25, -0.2) is 13.1 Å². The zero-order valence-corrected chi connectivity index (χ0v) is 23.2. The van der Waals surface area contributed by atoms with Gasteiger partial charge >= 0.3 is 0 Å². The number of benzene rings is 3. The van der Waals surface area contributed by atoms with Crippen LogP contribution in [-0.2, 0) is 16.4 Å². The van der Waals surface area contributed by atoms with Crippen molar-refractivity contribution >= 4 is 32.6 Å². The van der Waals surface area contributed by atoms with Gasteiger partial charge in [0, 0.05) is 28.2 Å². The van der Waals surface area contributed by atoms with Crippen LogP contribution in [0.2, 0.25) is 0 Å². The molecule has 0 saturated heterocycles. The van der Waals surface area contributed by atoms with E-state index in [0.717, 1.165) is 29.1 Å². The van der Waals surface area contributed by atoms with Gasteiger partial charge in [0.2, 0.25) is 15.2 Å². The number of fused-ring (bicyclic) bond motifs is 1. The Morgan fingerprint density at radius 2 is 1.79 bits per heavy atom. The van der Waals surface area contributed by atoms with Crippen molar-refractivity contribution in [1.82, 2.24) is 14.1 Å². The predicted octanol–water partition coefficient (Wildman–Crippen LogP) is 4.57. The summed E-state index contributed by atoms with van der Waals surface area (Å²) in [6.45, 7) is 5.34. The molecule has 0 saturated carbocycles. The number of hydrogen-bond acceptors (Lipinski definition) is 8. The second-order valence-corrected chi connectivity index (χ2v) is 12.2. The van der Waals surface area contributed by atoms with Gasteiger partial charge in [-0.3, -0.25) is 10.1 Å². The van der Waals surface area contributed by atoms with Crippen LogP contribution in [0, 0.1) is 0 Å². The third kappa shape index (κ3) is 5.57. The minimum absolute atomic E-state index is 0.0807. The van der Waals surface area contributed by atoms with Crippen molar-refractivity contribution in [3.63, 3.8) is 0 Å². The number of amides is 1. The van der Waals surface area contributed by atoms with E-state index < -0.39 is 33.7 Å². The molecule has 2 heterocycles. The van der Waals surface area contributed by atoms with E-state index >= 15 is 0 Å². The van der Waals surface area contributed by atoms with Gasteiger partial charge in [0.1, 0.15) is 17.5 Å². The summed E-state index contributed by atoms with van der Waals surface area (Å²) in [7, 11) is -4.00. The van der Waals surface area contributed by atoms with Crippen molar-refractivity contribution in [2.24, 2.45) is 0 Å². The molecule has 0 spiro atoms. The van der Waals surface area contributed by atoms with Crippen LogP contribution in [0.1, 0.15) is 48.3 Å². The average Bonchev–Trinajstić information content (AvgIpc) is 3.40. The van der Waals surface area contributed by atoms with Gasteiger partial charge in [0.15, 0.2) is 5.82 Å². The molecule has 2 atom stereocenters. The Bertz CT molecular complexity index is 1600. The van der Waals surface area contributed by atoms with Crippen LogP contribution in [0.25, 0.3) is 11.4 Å². The van der Waals surface area contributed by atoms with Gasteiger partial charge in [0.25, 0.3) is 5.91 Å². The second kappa shape index (κ2) is 10.5. The summed E-state index contributed by atoms with van der Waals surface area (Å²) >= 11 is 1.06. The van der Waals surface area contributed by atoms with Gasteiger partial charge in [-0.05, 0) is 56.2 Å². The number of carbonyl (C=O) groups is 1. The molecule has 3 N–H and O–H groups in total. The molecular weight excluding hydrogens is 536 g/mol. The molecule has 0 unspecified atom stereocenters. The number of carbonyl (C=O) groups excluding carboxylic acids is 1. The highest BCUT2D eigenvalue weighted by Gasteiger charge is 2.45. The minimum atomic E-state index is -4.00. The number of hydrogen-bond donors (Lipinski definition) is 3. The lowest BCUT2D eigenvalue weighted by Crippen LogP contribution is -2.53. The highest BCUT2D eigenvalue weighted by Crippen LogP contribution is 2.41. The molecule has 39 heavy (non-hydrogen) atoms. The number of aliphatic hydroxyl groups is 1. The van der Waals surface area contributed by atoms with Crippen molar-refractivity contribution < 1.29 is 23.1 Å². The van der Waals surface area contributed by atoms with Gasteiger partial charge in [-0.1, -0.05) is 49.4 Å². The van der Waals surface area contributed by atoms with E-state index in [1.165, 1.54) is 18.2 Å². The summed E-state index contributed by atoms with van der Waals surface area (Å²) in [6.07, 6.45) is -0.451. The maximum atomic E-state index is 13.3. The fraction of sp³-hybridized carbons (Fsp3) is 0.250. The summed E-state index contributed by atoms with van der Waals surface area (Å²) < 4.78 is 39.5. The highest BCUT2D eigenvalue weighted by molar-refractivity contribution is 7.89. The van der Waals surface area contributed by atoms with E-state index in [4.69, 9.17) is 4.74 Å². The third-order valence-electron chi connectivity index (χ3n) is 6.61. The Kier molecular flexibility index (Phi) is 7.25. The number of nitrogens with one attached hydrogen (secondary N) is 2. The fourth-order valence-corrected chi connectivity index (χ4v) is 6.16. The lowest BCUT2D eigenvalue weighted by molar-refractivity contribution is -0.0603. The van der Waals surface area contributed by atoms with Crippen LogP contribution in [-0.4, -0.2) is 40.5 Å². The normalized spacial score (nSPS) is 18.2. The Morgan fingerprint density at radius 1 is 1.08 bits per heavy atom. The topological polar surface area (TPSA) is 131 Å². The molecule has 0 fully saturated rings. The van der Waals surface area contributed by atoms with E-state index in [1.807, 2.05) is 37.3 Å². The average molecular weight is 565 g/mol. The van der Waals surface area contributed by atoms with Crippen molar-refractivity contribution in [3.05, 3.63) is 89.5 Å². The summed E-state index contributed by atoms with van der Waals surface area (Å²) in [5.41, 5.74) is 1.35. The van der Waals surface area contributed by atoms with Crippen LogP contribution >= 0.6 is 11.5 Å². The Balaban J connectivity index is 1.42. The monoisotopic (exact) mass is 564 g/mol. The van der Waals surface area contributed by atoms with Crippen molar-refractivity contribution in [2.75, 3.05) is 5.32 Å². The molecule has 0 aliphatic carbocycles. The summed E-state index contributed by atoms with van der Waals surface area (Å²) in [6, 6.07) is 19.6. The molecule has 1 aliphatic rings. The Hall–Kier alpha value is -3.64. The molecular formula is C28H28N4O5S2. The lowest BCUT2D eigenvalue weighted by Gasteiger charge is -2.42. The number of rotatable bonds is 7. The first-order chi connectivity index (χ1) is 18.6. The first kappa shape index (κ1) is 26.9. The first-order valence-electron chi connectivity index (χ1n) is 12.4. The molecule has 3 aromatic carbocycles. The van der Waals surface area contributed by atoms with Crippen LogP contribution in [0.5, 0.6) is 5.75 Å². The van der Waals surface area contributed by atoms with E-state index in [-0.39, 0.29) is 10.5 Å². The van der Waals surface area contributed by atoms with Gasteiger partial charge < -0.3 is 9.84 Å². The molecule has 11 heteroatoms. The van der Waals surface area contributed by atoms with Gasteiger partial charge in [-0.15, -0.1) is 0 Å². The molecule has 202 valence electrons. The molecule has 1 aromatic heterocycles. The Morgan fingerprint density at radius 3 is 2.49 bits per heavy atom. The van der Waals surface area contributed by atoms with Crippen LogP contribution < -0.4 is 14.8 Å². The number of aliphatic hydroxyl groups excluding tert-OH is 1. The molecule has 0 radical (unpaired) electrons. The quantitative estimate of drug-likeness (QED) is 0.300. The SMILES string of the molecule is CCc1ccc(S(=O)(=O)N[C@@H]2c3cc(C(=O)Nc4nc(-c5ccccc5)ns4)ccc3OC(C)(C)[C@H]2O)cc1. The molecule has 1 amide bonds. The van der Waals surface area contributed by atoms with Gasteiger partial charge in [0.05, 0.1) is 10.9 Å². The number of aromatic nitrogens is 2. The third-order valence-corrected chi connectivity index (χ3v) is 8.70. The van der Waals surface area contributed by atoms with Crippen molar-refractivity contribution in [3.8, 4) is 17.1 Å². The maximum Gasteiger partial charge on any atom is 0.257 e. The molecule has 5 rings (SSSR count). The Labute approximate surface area is 231 Å². The van der Waals surface area contributed by atoms with Crippen molar-refractivity contribution in [2.45, 2.75) is 49.8 Å². The molecule has 4 aromatic rings. The van der Waals surface area contributed by atoms with E-state index in [0.29, 0.717) is 22.3 Å². The number of sulfonamides is 1. The van der Waals surface area contributed by atoms with Crippen LogP contribution in [0.3, 0.4) is 0 Å². The highest BCUT2D eigenvalue weighted by atomic mass is 32.2. The van der Waals surface area contributed by atoms with E-state index in [1.54, 1.807) is 38.1 Å². The number of aryl methyl sites for hydroxylation is 1. The van der Waals surface area contributed by atoms with Crippen molar-refractivity contribution in [1.29, 1.82) is 0 Å². The van der Waals surface area contributed by atoms with E-state index in [2.05, 4.69) is 19.4 Å². The molecule has 0 bridgehead atoms. The van der Waals surface area contributed by atoms with Crippen LogP contribution in [0.15, 0.2) is 77.7 Å². The summed E-state index contributed by atoms with van der Waals surface area (Å²) in [4.78, 5) is 17.6. The smallest absolute Gasteiger partial charge is 0.257 e. The maximum absolute atomic E-state index is 13.3. The zero-order valence-electron chi connectivity index (χ0n) is 21.6. The number of anilines is 1. The lowest BCUT2D eigenvalue weighted by atomic mass is 9.86. The summed E-state index contributed by atoms with van der Waals surface area (Å²) in [5, 5.41) is 14.2. The minimum Gasteiger partial charge on any atom is -0.485 e. The fourth-order valence-electron chi connectivity index (χ4n) is 4.36. The largest absolute Gasteiger partial charge is 0.485 e. The number of nitrogens with zero attached hydrogens (tertiary/aromatic N) is 2. The molecule has 1 aliphatic heterocycles. The zero-order chi connectivity index (χ0) is 27.8. The predicted molar refractivity (Wildman–Crippen MR) is 149 cm³/mol. The first-order valence-corrected chi connectivity index (χ1v) is 14.7. The van der Waals surface area contributed by atoms with E-state index in [9.17, 15) is 18.3 Å². The standard InChI is InChI=1S/C28H28N4O5S2/c1-4-17-10-13-20(14-11-17)39(35,36)32-23-21-16-19(12-15-22(21)37-28(2,3)24(23)33)26(34)30-27-29-25(31-38-27)18-8-6-5-7-9-18/h5-16,23-24,32-33H,4H2,1-3H3,(H,29,30,31,34)/t23-,24+/m1/s1. The molecule has 9 nitrogen and oxygen atoms in total. The number of ether oxygens (including phenoxy) is 1. The van der Waals surface area contributed by atoms with Gasteiger partial charge in [-0.2, -0.15) is 9.36 Å². The van der Waals surface area contributed by atoms with Crippen LogP contribution in [0.4, 0.5) is 5.13 Å².